The molecule has 0 bridgehead atoms. The molecule has 0 radical (unpaired) electrons. The Labute approximate surface area is 196 Å². The Balaban J connectivity index is 1.71. The molecule has 0 aliphatic carbocycles. The van der Waals surface area contributed by atoms with Crippen LogP contribution in [0.5, 0.6) is 11.5 Å². The van der Waals surface area contributed by atoms with Crippen molar-refractivity contribution in [2.45, 2.75) is 12.8 Å². The molecule has 0 aromatic heterocycles. The SMILES string of the molecule is COc1cc(/C=C/C(=O)Nc2cccc(C(F)(F)F)c2)cc(Br)c1OCc1ccccc1F. The zero-order chi connectivity index (χ0) is 24.0. The summed E-state index contributed by atoms with van der Waals surface area (Å²) in [5.41, 5.74) is 0.108. The molecular formula is C24H18BrF4NO3. The third-order valence-electron chi connectivity index (χ3n) is 4.47. The van der Waals surface area contributed by atoms with Gasteiger partial charge in [0.2, 0.25) is 5.91 Å². The number of alkyl halides is 3. The van der Waals surface area contributed by atoms with E-state index in [1.165, 1.54) is 37.5 Å². The summed E-state index contributed by atoms with van der Waals surface area (Å²) in [6.45, 7) is -0.0176. The lowest BCUT2D eigenvalue weighted by Gasteiger charge is -2.14. The maximum Gasteiger partial charge on any atom is 0.416 e. The Morgan fingerprint density at radius 2 is 1.85 bits per heavy atom. The van der Waals surface area contributed by atoms with E-state index in [1.807, 2.05) is 0 Å². The van der Waals surface area contributed by atoms with Crippen LogP contribution in [0.2, 0.25) is 0 Å². The van der Waals surface area contributed by atoms with E-state index in [4.69, 9.17) is 9.47 Å². The van der Waals surface area contributed by atoms with Crippen LogP contribution in [0, 0.1) is 5.82 Å². The Morgan fingerprint density at radius 1 is 1.09 bits per heavy atom. The van der Waals surface area contributed by atoms with Gasteiger partial charge in [-0.1, -0.05) is 24.3 Å². The summed E-state index contributed by atoms with van der Waals surface area (Å²) >= 11 is 3.38. The quantitative estimate of drug-likeness (QED) is 0.272. The van der Waals surface area contributed by atoms with E-state index in [2.05, 4.69) is 21.2 Å². The second-order valence-corrected chi connectivity index (χ2v) is 7.67. The summed E-state index contributed by atoms with van der Waals surface area (Å²) in [7, 11) is 1.44. The van der Waals surface area contributed by atoms with Gasteiger partial charge in [-0.25, -0.2) is 4.39 Å². The zero-order valence-electron chi connectivity index (χ0n) is 17.2. The van der Waals surface area contributed by atoms with Gasteiger partial charge in [-0.3, -0.25) is 4.79 Å². The van der Waals surface area contributed by atoms with Crippen LogP contribution in [0.1, 0.15) is 16.7 Å². The molecule has 9 heteroatoms. The number of methoxy groups -OCH3 is 1. The number of hydrogen-bond acceptors (Lipinski definition) is 3. The van der Waals surface area contributed by atoms with E-state index < -0.39 is 17.6 Å². The number of rotatable bonds is 7. The van der Waals surface area contributed by atoms with Gasteiger partial charge in [0.1, 0.15) is 12.4 Å². The average Bonchev–Trinajstić information content (AvgIpc) is 2.77. The van der Waals surface area contributed by atoms with Gasteiger partial charge in [-0.05, 0) is 64.0 Å². The third-order valence-corrected chi connectivity index (χ3v) is 5.06. The molecular weight excluding hydrogens is 506 g/mol. The molecule has 1 N–H and O–H groups in total. The van der Waals surface area contributed by atoms with Crippen LogP contribution in [0.25, 0.3) is 6.08 Å². The fourth-order valence-corrected chi connectivity index (χ4v) is 3.44. The molecule has 0 aliphatic heterocycles. The number of ether oxygens (including phenoxy) is 2. The van der Waals surface area contributed by atoms with Gasteiger partial charge < -0.3 is 14.8 Å². The second-order valence-electron chi connectivity index (χ2n) is 6.82. The minimum absolute atomic E-state index is 0.0176. The topological polar surface area (TPSA) is 47.6 Å². The molecule has 0 fully saturated rings. The number of amides is 1. The Morgan fingerprint density at radius 3 is 2.55 bits per heavy atom. The van der Waals surface area contributed by atoms with Crippen LogP contribution >= 0.6 is 15.9 Å². The molecule has 0 aliphatic rings. The van der Waals surface area contributed by atoms with Gasteiger partial charge in [0.25, 0.3) is 0 Å². The number of anilines is 1. The number of halogens is 5. The van der Waals surface area contributed by atoms with Crippen LogP contribution in [-0.4, -0.2) is 13.0 Å². The van der Waals surface area contributed by atoms with Crippen LogP contribution in [0.15, 0.2) is 71.2 Å². The van der Waals surface area contributed by atoms with Crippen molar-refractivity contribution in [1.29, 1.82) is 0 Å². The highest BCUT2D eigenvalue weighted by atomic mass is 79.9. The Bertz CT molecular complexity index is 1180. The number of carbonyl (C=O) groups is 1. The summed E-state index contributed by atoms with van der Waals surface area (Å²) < 4.78 is 63.8. The lowest BCUT2D eigenvalue weighted by atomic mass is 10.1. The maximum atomic E-state index is 13.8. The van der Waals surface area contributed by atoms with Gasteiger partial charge in [0.05, 0.1) is 17.1 Å². The minimum atomic E-state index is -4.50. The van der Waals surface area contributed by atoms with Crippen molar-refractivity contribution >= 4 is 33.6 Å². The van der Waals surface area contributed by atoms with Crippen molar-refractivity contribution in [3.8, 4) is 11.5 Å². The summed E-state index contributed by atoms with van der Waals surface area (Å²) in [5, 5.41) is 2.39. The lowest BCUT2D eigenvalue weighted by molar-refractivity contribution is -0.137. The number of carbonyl (C=O) groups excluding carboxylic acids is 1. The number of hydrogen-bond donors (Lipinski definition) is 1. The van der Waals surface area contributed by atoms with E-state index in [9.17, 15) is 22.4 Å². The molecule has 0 heterocycles. The Kier molecular flexibility index (Phi) is 7.75. The van der Waals surface area contributed by atoms with Crippen molar-refractivity contribution in [2.24, 2.45) is 0 Å². The van der Waals surface area contributed by atoms with E-state index in [0.29, 0.717) is 27.1 Å². The standard InChI is InChI=1S/C24H18BrF4NO3/c1-32-21-12-15(11-19(25)23(21)33-14-16-5-2-3-8-20(16)26)9-10-22(31)30-18-7-4-6-17(13-18)24(27,28)29/h2-13H,14H2,1H3,(H,30,31)/b10-9+. The molecule has 3 aromatic rings. The molecule has 0 saturated carbocycles. The smallest absolute Gasteiger partial charge is 0.416 e. The zero-order valence-corrected chi connectivity index (χ0v) is 18.8. The largest absolute Gasteiger partial charge is 0.493 e. The molecule has 3 aromatic carbocycles. The predicted octanol–water partition coefficient (Wildman–Crippen LogP) is 6.85. The molecule has 172 valence electrons. The Hall–Kier alpha value is -3.33. The average molecular weight is 524 g/mol. The van der Waals surface area contributed by atoms with Gasteiger partial charge in [0.15, 0.2) is 11.5 Å². The first-order valence-corrected chi connectivity index (χ1v) is 10.4. The van der Waals surface area contributed by atoms with E-state index in [0.717, 1.165) is 12.1 Å². The van der Waals surface area contributed by atoms with E-state index >= 15 is 0 Å². The van der Waals surface area contributed by atoms with Crippen LogP contribution in [0.4, 0.5) is 23.2 Å². The normalized spacial score (nSPS) is 11.5. The van der Waals surface area contributed by atoms with Gasteiger partial charge in [-0.15, -0.1) is 0 Å². The molecule has 0 unspecified atom stereocenters. The van der Waals surface area contributed by atoms with Gasteiger partial charge in [-0.2, -0.15) is 13.2 Å². The second kappa shape index (κ2) is 10.5. The van der Waals surface area contributed by atoms with Crippen molar-refractivity contribution in [3.63, 3.8) is 0 Å². The monoisotopic (exact) mass is 523 g/mol. The van der Waals surface area contributed by atoms with Gasteiger partial charge in [0, 0.05) is 17.3 Å². The summed E-state index contributed by atoms with van der Waals surface area (Å²) in [4.78, 5) is 12.2. The fraction of sp³-hybridized carbons (Fsp3) is 0.125. The molecule has 3 rings (SSSR count). The highest BCUT2D eigenvalue weighted by molar-refractivity contribution is 9.10. The highest BCUT2D eigenvalue weighted by Gasteiger charge is 2.30. The first kappa shape index (κ1) is 24.3. The molecule has 33 heavy (non-hydrogen) atoms. The highest BCUT2D eigenvalue weighted by Crippen LogP contribution is 2.37. The van der Waals surface area contributed by atoms with Crippen molar-refractivity contribution in [2.75, 3.05) is 12.4 Å². The molecule has 1 amide bonds. The predicted molar refractivity (Wildman–Crippen MR) is 121 cm³/mol. The molecule has 4 nitrogen and oxygen atoms in total. The lowest BCUT2D eigenvalue weighted by Crippen LogP contribution is -2.10. The fourth-order valence-electron chi connectivity index (χ4n) is 2.87. The molecule has 0 saturated heterocycles. The minimum Gasteiger partial charge on any atom is -0.493 e. The van der Waals surface area contributed by atoms with E-state index in [-0.39, 0.29) is 18.1 Å². The van der Waals surface area contributed by atoms with Crippen LogP contribution < -0.4 is 14.8 Å². The summed E-state index contributed by atoms with van der Waals surface area (Å²) in [6.07, 6.45) is -1.85. The molecule has 0 spiro atoms. The van der Waals surface area contributed by atoms with E-state index in [1.54, 1.807) is 30.3 Å². The van der Waals surface area contributed by atoms with Crippen molar-refractivity contribution in [3.05, 3.63) is 93.7 Å². The van der Waals surface area contributed by atoms with Crippen LogP contribution in [0.3, 0.4) is 0 Å². The summed E-state index contributed by atoms with van der Waals surface area (Å²) in [6, 6.07) is 13.8. The number of nitrogens with one attached hydrogen (secondary N) is 1. The summed E-state index contributed by atoms with van der Waals surface area (Å²) in [5.74, 6) is -0.298. The maximum absolute atomic E-state index is 13.8. The first-order valence-electron chi connectivity index (χ1n) is 9.57. The van der Waals surface area contributed by atoms with Gasteiger partial charge >= 0.3 is 6.18 Å². The third kappa shape index (κ3) is 6.58. The molecule has 0 atom stereocenters. The first-order chi connectivity index (χ1) is 15.7. The van der Waals surface area contributed by atoms with Crippen LogP contribution in [-0.2, 0) is 17.6 Å². The van der Waals surface area contributed by atoms with Crippen molar-refractivity contribution in [1.82, 2.24) is 0 Å². The van der Waals surface area contributed by atoms with Crippen molar-refractivity contribution < 1.29 is 31.8 Å². The number of benzene rings is 3.